The third kappa shape index (κ3) is 2.33. The van der Waals surface area contributed by atoms with Crippen LogP contribution in [0, 0.1) is 0 Å². The number of anilines is 1. The molecular formula is C12H18N2O4. The Morgan fingerprint density at radius 3 is 2.78 bits per heavy atom. The molecule has 0 atom stereocenters. The molecule has 0 bridgehead atoms. The van der Waals surface area contributed by atoms with Crippen LogP contribution in [-0.4, -0.2) is 30.3 Å². The summed E-state index contributed by atoms with van der Waals surface area (Å²) in [5.41, 5.74) is 5.47. The number of ether oxygens (including phenoxy) is 2. The van der Waals surface area contributed by atoms with Gasteiger partial charge in [0.05, 0.1) is 18.6 Å². The fraction of sp³-hybridized carbons (Fsp3) is 0.667. The number of oxazole rings is 1. The van der Waals surface area contributed by atoms with Crippen LogP contribution in [0.3, 0.4) is 0 Å². The SMILES string of the molecule is CCOC(=O)c1nc(CC2(OC)CCC2)oc1N. The molecule has 0 amide bonds. The van der Waals surface area contributed by atoms with E-state index >= 15 is 0 Å². The molecule has 18 heavy (non-hydrogen) atoms. The molecule has 1 aromatic rings. The highest BCUT2D eigenvalue weighted by Crippen LogP contribution is 2.38. The monoisotopic (exact) mass is 254 g/mol. The van der Waals surface area contributed by atoms with Gasteiger partial charge in [0.25, 0.3) is 0 Å². The quantitative estimate of drug-likeness (QED) is 0.802. The average Bonchev–Trinajstić information content (AvgIpc) is 2.65. The van der Waals surface area contributed by atoms with Gasteiger partial charge in [0.15, 0.2) is 0 Å². The van der Waals surface area contributed by atoms with E-state index in [4.69, 9.17) is 19.6 Å². The van der Waals surface area contributed by atoms with Crippen molar-refractivity contribution in [3.63, 3.8) is 0 Å². The highest BCUT2D eigenvalue weighted by atomic mass is 16.5. The zero-order chi connectivity index (χ0) is 13.2. The summed E-state index contributed by atoms with van der Waals surface area (Å²) in [4.78, 5) is 15.6. The number of rotatable bonds is 5. The molecule has 1 aliphatic rings. The molecule has 100 valence electrons. The molecular weight excluding hydrogens is 236 g/mol. The van der Waals surface area contributed by atoms with Gasteiger partial charge in [0, 0.05) is 7.11 Å². The largest absolute Gasteiger partial charge is 0.461 e. The predicted octanol–water partition coefficient (Wildman–Crippen LogP) is 1.55. The van der Waals surface area contributed by atoms with Gasteiger partial charge < -0.3 is 19.6 Å². The Morgan fingerprint density at radius 2 is 2.28 bits per heavy atom. The first kappa shape index (κ1) is 12.9. The second-order valence-corrected chi connectivity index (χ2v) is 4.46. The summed E-state index contributed by atoms with van der Waals surface area (Å²) in [6, 6.07) is 0. The molecule has 0 unspecified atom stereocenters. The second-order valence-electron chi connectivity index (χ2n) is 4.46. The van der Waals surface area contributed by atoms with Crippen molar-refractivity contribution >= 4 is 11.9 Å². The molecule has 1 fully saturated rings. The number of hydrogen-bond donors (Lipinski definition) is 1. The summed E-state index contributed by atoms with van der Waals surface area (Å²) in [7, 11) is 1.68. The maximum atomic E-state index is 11.5. The Kier molecular flexibility index (Phi) is 3.56. The minimum atomic E-state index is -0.551. The van der Waals surface area contributed by atoms with Crippen LogP contribution in [0.15, 0.2) is 4.42 Å². The molecule has 6 nitrogen and oxygen atoms in total. The van der Waals surface area contributed by atoms with Crippen LogP contribution in [0.4, 0.5) is 5.88 Å². The Labute approximate surface area is 105 Å². The lowest BCUT2D eigenvalue weighted by atomic mass is 9.77. The highest BCUT2D eigenvalue weighted by molar-refractivity contribution is 5.91. The number of aromatic nitrogens is 1. The number of hydrogen-bond acceptors (Lipinski definition) is 6. The van der Waals surface area contributed by atoms with Crippen molar-refractivity contribution in [3.8, 4) is 0 Å². The van der Waals surface area contributed by atoms with E-state index in [0.29, 0.717) is 12.3 Å². The summed E-state index contributed by atoms with van der Waals surface area (Å²) in [6.45, 7) is 2.01. The highest BCUT2D eigenvalue weighted by Gasteiger charge is 2.39. The van der Waals surface area contributed by atoms with Crippen LogP contribution in [0.2, 0.25) is 0 Å². The molecule has 2 N–H and O–H groups in total. The molecule has 0 aromatic carbocycles. The zero-order valence-corrected chi connectivity index (χ0v) is 10.7. The Hall–Kier alpha value is -1.56. The summed E-state index contributed by atoms with van der Waals surface area (Å²) < 4.78 is 15.6. The van der Waals surface area contributed by atoms with Crippen molar-refractivity contribution in [3.05, 3.63) is 11.6 Å². The van der Waals surface area contributed by atoms with Gasteiger partial charge in [0.1, 0.15) is 0 Å². The van der Waals surface area contributed by atoms with Gasteiger partial charge in [-0.2, -0.15) is 0 Å². The van der Waals surface area contributed by atoms with Crippen LogP contribution in [0.1, 0.15) is 42.6 Å². The first-order valence-corrected chi connectivity index (χ1v) is 6.07. The van der Waals surface area contributed by atoms with E-state index in [2.05, 4.69) is 4.98 Å². The standard InChI is InChI=1S/C12H18N2O4/c1-3-17-11(15)9-10(13)18-8(14-9)7-12(16-2)5-4-6-12/h3-7,13H2,1-2H3. The van der Waals surface area contributed by atoms with Gasteiger partial charge >= 0.3 is 5.97 Å². The van der Waals surface area contributed by atoms with E-state index < -0.39 is 5.97 Å². The van der Waals surface area contributed by atoms with E-state index in [-0.39, 0.29) is 23.8 Å². The molecule has 6 heteroatoms. The van der Waals surface area contributed by atoms with E-state index in [1.807, 2.05) is 0 Å². The maximum Gasteiger partial charge on any atom is 0.362 e. The van der Waals surface area contributed by atoms with E-state index in [1.54, 1.807) is 14.0 Å². The normalized spacial score (nSPS) is 17.2. The van der Waals surface area contributed by atoms with Gasteiger partial charge in [-0.1, -0.05) is 0 Å². The minimum Gasteiger partial charge on any atom is -0.461 e. The summed E-state index contributed by atoms with van der Waals surface area (Å²) in [5, 5.41) is 0. The number of nitrogens with zero attached hydrogens (tertiary/aromatic N) is 1. The number of carbonyl (C=O) groups is 1. The molecule has 1 heterocycles. The average molecular weight is 254 g/mol. The predicted molar refractivity (Wildman–Crippen MR) is 64.2 cm³/mol. The van der Waals surface area contributed by atoms with E-state index in [1.165, 1.54) is 0 Å². The van der Waals surface area contributed by atoms with Gasteiger partial charge in [-0.05, 0) is 26.2 Å². The zero-order valence-electron chi connectivity index (χ0n) is 10.7. The maximum absolute atomic E-state index is 11.5. The van der Waals surface area contributed by atoms with Gasteiger partial charge in [0.2, 0.25) is 17.5 Å². The molecule has 0 spiro atoms. The van der Waals surface area contributed by atoms with Crippen molar-refractivity contribution in [1.82, 2.24) is 4.98 Å². The second kappa shape index (κ2) is 4.97. The minimum absolute atomic E-state index is 0.00836. The first-order chi connectivity index (χ1) is 8.60. The lowest BCUT2D eigenvalue weighted by molar-refractivity contribution is -0.0744. The van der Waals surface area contributed by atoms with Gasteiger partial charge in [-0.3, -0.25) is 0 Å². The topological polar surface area (TPSA) is 87.6 Å². The van der Waals surface area contributed by atoms with Crippen molar-refractivity contribution < 1.29 is 18.7 Å². The Morgan fingerprint density at radius 1 is 1.56 bits per heavy atom. The molecule has 0 aliphatic heterocycles. The number of nitrogens with two attached hydrogens (primary N) is 1. The molecule has 0 radical (unpaired) electrons. The van der Waals surface area contributed by atoms with E-state index in [9.17, 15) is 4.79 Å². The fourth-order valence-electron chi connectivity index (χ4n) is 2.10. The van der Waals surface area contributed by atoms with Crippen molar-refractivity contribution in [2.45, 2.75) is 38.2 Å². The van der Waals surface area contributed by atoms with Crippen molar-refractivity contribution in [2.75, 3.05) is 19.5 Å². The van der Waals surface area contributed by atoms with Crippen LogP contribution in [0.5, 0.6) is 0 Å². The number of nitrogen functional groups attached to an aromatic ring is 1. The van der Waals surface area contributed by atoms with Gasteiger partial charge in [-0.15, -0.1) is 0 Å². The van der Waals surface area contributed by atoms with Crippen molar-refractivity contribution in [1.29, 1.82) is 0 Å². The molecule has 1 aliphatic carbocycles. The molecule has 1 aromatic heterocycles. The van der Waals surface area contributed by atoms with Crippen LogP contribution < -0.4 is 5.73 Å². The number of carbonyl (C=O) groups excluding carboxylic acids is 1. The third-order valence-corrected chi connectivity index (χ3v) is 3.34. The number of methoxy groups -OCH3 is 1. The first-order valence-electron chi connectivity index (χ1n) is 6.07. The fourth-order valence-corrected chi connectivity index (χ4v) is 2.10. The molecule has 2 rings (SSSR count). The summed E-state index contributed by atoms with van der Waals surface area (Å²) in [5.74, 6) is -0.115. The van der Waals surface area contributed by atoms with Crippen LogP contribution in [-0.2, 0) is 15.9 Å². The third-order valence-electron chi connectivity index (χ3n) is 3.34. The van der Waals surface area contributed by atoms with Crippen LogP contribution >= 0.6 is 0 Å². The Balaban J connectivity index is 2.11. The summed E-state index contributed by atoms with van der Waals surface area (Å²) >= 11 is 0. The van der Waals surface area contributed by atoms with Crippen molar-refractivity contribution in [2.24, 2.45) is 0 Å². The smallest absolute Gasteiger partial charge is 0.362 e. The van der Waals surface area contributed by atoms with Gasteiger partial charge in [-0.25, -0.2) is 9.78 Å². The number of esters is 1. The molecule has 1 saturated carbocycles. The summed E-state index contributed by atoms with van der Waals surface area (Å²) in [6.07, 6.45) is 3.61. The van der Waals surface area contributed by atoms with Crippen LogP contribution in [0.25, 0.3) is 0 Å². The Bertz CT molecular complexity index is 432. The van der Waals surface area contributed by atoms with E-state index in [0.717, 1.165) is 19.3 Å². The lowest BCUT2D eigenvalue weighted by Gasteiger charge is -2.39. The molecule has 0 saturated heterocycles. The lowest BCUT2D eigenvalue weighted by Crippen LogP contribution is -2.41.